The van der Waals surface area contributed by atoms with Crippen molar-refractivity contribution in [3.8, 4) is 0 Å². The number of hydrogen-bond donors (Lipinski definition) is 1. The molecule has 134 valence electrons. The van der Waals surface area contributed by atoms with Crippen LogP contribution in [-0.4, -0.2) is 25.3 Å². The lowest BCUT2D eigenvalue weighted by Crippen LogP contribution is -2.31. The van der Waals surface area contributed by atoms with Crippen LogP contribution in [0.1, 0.15) is 67.3 Å². The van der Waals surface area contributed by atoms with Gasteiger partial charge in [0.1, 0.15) is 0 Å². The molecule has 1 saturated heterocycles. The van der Waals surface area contributed by atoms with Gasteiger partial charge in [-0.25, -0.2) is 0 Å². The number of halogens is 1. The zero-order valence-corrected chi connectivity index (χ0v) is 15.8. The highest BCUT2D eigenvalue weighted by Crippen LogP contribution is 2.27. The fourth-order valence-corrected chi connectivity index (χ4v) is 4.00. The summed E-state index contributed by atoms with van der Waals surface area (Å²) in [6.45, 7) is 1.96. The average Bonchev–Trinajstić information content (AvgIpc) is 2.69. The minimum Gasteiger partial charge on any atom is -0.317 e. The normalized spacial score (nSPS) is 19.4. The van der Waals surface area contributed by atoms with Crippen molar-refractivity contribution < 1.29 is 4.79 Å². The van der Waals surface area contributed by atoms with Crippen molar-refractivity contribution in [3.05, 3.63) is 35.4 Å². The third kappa shape index (κ3) is 5.89. The number of hydrogen-bond acceptors (Lipinski definition) is 2. The maximum atomic E-state index is 12.5. The van der Waals surface area contributed by atoms with E-state index in [9.17, 15) is 4.79 Å². The van der Waals surface area contributed by atoms with Gasteiger partial charge < -0.3 is 5.32 Å². The van der Waals surface area contributed by atoms with Crippen molar-refractivity contribution in [2.45, 2.75) is 57.8 Å². The quantitative estimate of drug-likeness (QED) is 0.582. The smallest absolute Gasteiger partial charge is 0.166 e. The van der Waals surface area contributed by atoms with Gasteiger partial charge in [0.15, 0.2) is 5.78 Å². The molecule has 2 aliphatic rings. The summed E-state index contributed by atoms with van der Waals surface area (Å²) in [5.41, 5.74) is 2.31. The Bertz CT molecular complexity index is 473. The summed E-state index contributed by atoms with van der Waals surface area (Å²) >= 11 is 4.64. The lowest BCUT2D eigenvalue weighted by atomic mass is 9.85. The molecule has 1 aromatic carbocycles. The van der Waals surface area contributed by atoms with E-state index >= 15 is 0 Å². The second kappa shape index (κ2) is 10.9. The van der Waals surface area contributed by atoms with Gasteiger partial charge in [0.05, 0.1) is 0 Å². The van der Waals surface area contributed by atoms with Crippen molar-refractivity contribution in [1.82, 2.24) is 5.32 Å². The Balaban J connectivity index is 0.00000100. The number of alkyl halides is 1. The van der Waals surface area contributed by atoms with Crippen molar-refractivity contribution in [2.24, 2.45) is 11.8 Å². The van der Waals surface area contributed by atoms with Gasteiger partial charge in [-0.15, -0.1) is 11.6 Å². The zero-order valence-electron chi connectivity index (χ0n) is 15.0. The minimum atomic E-state index is 0.231. The number of carbonyl (C=O) groups excluding carboxylic acids is 1. The Hall–Kier alpha value is -0.860. The second-order valence-corrected chi connectivity index (χ2v) is 7.13. The predicted molar refractivity (Wildman–Crippen MR) is 103 cm³/mol. The summed E-state index contributed by atoms with van der Waals surface area (Å²) in [4.78, 5) is 12.5. The van der Waals surface area contributed by atoms with Gasteiger partial charge in [0.2, 0.25) is 0 Å². The topological polar surface area (TPSA) is 29.1 Å². The van der Waals surface area contributed by atoms with E-state index in [1.165, 1.54) is 56.9 Å². The Kier molecular flexibility index (Phi) is 8.83. The minimum absolute atomic E-state index is 0.231. The third-order valence-electron chi connectivity index (χ3n) is 5.51. The summed E-state index contributed by atoms with van der Waals surface area (Å²) < 4.78 is 0. The van der Waals surface area contributed by atoms with Gasteiger partial charge in [-0.1, -0.05) is 56.4 Å². The van der Waals surface area contributed by atoms with Gasteiger partial charge in [0, 0.05) is 17.9 Å². The van der Waals surface area contributed by atoms with Crippen LogP contribution in [0.4, 0.5) is 0 Å². The molecule has 1 aromatic rings. The van der Waals surface area contributed by atoms with Crippen LogP contribution in [0.2, 0.25) is 0 Å². The monoisotopic (exact) mass is 349 g/mol. The number of aryl methyl sites for hydroxylation is 1. The molecule has 1 aliphatic heterocycles. The SMILES string of the molecule is CCl.O=C(c1ccc(CCC2CCCCC2)cc1)C1CCNCC1. The van der Waals surface area contributed by atoms with E-state index < -0.39 is 0 Å². The molecule has 2 nitrogen and oxygen atoms in total. The number of Topliss-reactive ketones (excluding diaryl/α,β-unsaturated/α-hetero) is 1. The Morgan fingerprint density at radius 2 is 1.62 bits per heavy atom. The summed E-state index contributed by atoms with van der Waals surface area (Å²) in [6.07, 6.45) is 13.1. The van der Waals surface area contributed by atoms with E-state index in [1.807, 2.05) is 0 Å². The molecule has 3 rings (SSSR count). The largest absolute Gasteiger partial charge is 0.317 e. The number of rotatable bonds is 5. The highest BCUT2D eigenvalue weighted by molar-refractivity contribution is 6.15. The van der Waals surface area contributed by atoms with E-state index in [4.69, 9.17) is 0 Å². The molecule has 3 heteroatoms. The molecule has 24 heavy (non-hydrogen) atoms. The Morgan fingerprint density at radius 3 is 2.25 bits per heavy atom. The predicted octanol–water partition coefficient (Wildman–Crippen LogP) is 5.24. The highest BCUT2D eigenvalue weighted by atomic mass is 35.5. The van der Waals surface area contributed by atoms with E-state index in [0.29, 0.717) is 5.78 Å². The van der Waals surface area contributed by atoms with Crippen molar-refractivity contribution in [1.29, 1.82) is 0 Å². The highest BCUT2D eigenvalue weighted by Gasteiger charge is 2.22. The molecule has 0 radical (unpaired) electrons. The van der Waals surface area contributed by atoms with Crippen molar-refractivity contribution >= 4 is 17.4 Å². The molecule has 0 bridgehead atoms. The standard InChI is InChI=1S/C20H29NO.CH3Cl/c22-20(19-12-14-21-15-13-19)18-10-8-17(9-11-18)7-6-16-4-2-1-3-5-16;1-2/h8-11,16,19,21H,1-7,12-15H2;1H3. The lowest BCUT2D eigenvalue weighted by Gasteiger charge is -2.22. The van der Waals surface area contributed by atoms with E-state index in [1.54, 1.807) is 0 Å². The van der Waals surface area contributed by atoms with Crippen LogP contribution in [0, 0.1) is 11.8 Å². The fraction of sp³-hybridized carbons (Fsp3) is 0.667. The first-order chi connectivity index (χ1) is 11.8. The Morgan fingerprint density at radius 1 is 1.00 bits per heavy atom. The number of benzene rings is 1. The molecule has 1 aliphatic carbocycles. The van der Waals surface area contributed by atoms with Crippen molar-refractivity contribution in [3.63, 3.8) is 0 Å². The number of carbonyl (C=O) groups is 1. The van der Waals surface area contributed by atoms with E-state index in [-0.39, 0.29) is 5.92 Å². The molecule has 0 aromatic heterocycles. The first kappa shape index (κ1) is 19.5. The van der Waals surface area contributed by atoms with Crippen LogP contribution in [0.25, 0.3) is 0 Å². The third-order valence-corrected chi connectivity index (χ3v) is 5.51. The van der Waals surface area contributed by atoms with Gasteiger partial charge in [-0.3, -0.25) is 4.79 Å². The zero-order chi connectivity index (χ0) is 17.2. The average molecular weight is 350 g/mol. The van der Waals surface area contributed by atoms with Gasteiger partial charge in [-0.2, -0.15) is 0 Å². The Labute approximate surface area is 152 Å². The fourth-order valence-electron chi connectivity index (χ4n) is 4.00. The van der Waals surface area contributed by atoms with Gasteiger partial charge in [0.25, 0.3) is 0 Å². The molecule has 1 heterocycles. The van der Waals surface area contributed by atoms with E-state index in [2.05, 4.69) is 41.2 Å². The molecular weight excluding hydrogens is 318 g/mol. The van der Waals surface area contributed by atoms with Crippen LogP contribution >= 0.6 is 11.6 Å². The lowest BCUT2D eigenvalue weighted by molar-refractivity contribution is 0.0895. The van der Waals surface area contributed by atoms with Crippen LogP contribution in [0.15, 0.2) is 24.3 Å². The summed E-state index contributed by atoms with van der Waals surface area (Å²) in [6, 6.07) is 8.47. The van der Waals surface area contributed by atoms with Gasteiger partial charge in [-0.05, 0) is 50.3 Å². The summed E-state index contributed by atoms with van der Waals surface area (Å²) in [5.74, 6) is 1.51. The van der Waals surface area contributed by atoms with Gasteiger partial charge >= 0.3 is 0 Å². The number of ketones is 1. The molecule has 0 atom stereocenters. The summed E-state index contributed by atoms with van der Waals surface area (Å²) in [5, 5.41) is 3.33. The molecule has 2 fully saturated rings. The molecule has 1 saturated carbocycles. The molecule has 0 amide bonds. The molecule has 0 spiro atoms. The van der Waals surface area contributed by atoms with Crippen LogP contribution < -0.4 is 5.32 Å². The van der Waals surface area contributed by atoms with Crippen LogP contribution in [-0.2, 0) is 6.42 Å². The number of nitrogens with one attached hydrogen (secondary N) is 1. The first-order valence-electron chi connectivity index (χ1n) is 9.54. The molecule has 1 N–H and O–H groups in total. The van der Waals surface area contributed by atoms with Crippen LogP contribution in [0.3, 0.4) is 0 Å². The summed E-state index contributed by atoms with van der Waals surface area (Å²) in [7, 11) is 0. The first-order valence-corrected chi connectivity index (χ1v) is 10.3. The van der Waals surface area contributed by atoms with E-state index in [0.717, 1.165) is 37.4 Å². The maximum Gasteiger partial charge on any atom is 0.166 e. The van der Waals surface area contributed by atoms with Crippen molar-refractivity contribution in [2.75, 3.05) is 19.5 Å². The number of piperidine rings is 1. The second-order valence-electron chi connectivity index (χ2n) is 7.13. The molecular formula is C21H32ClNO. The van der Waals surface area contributed by atoms with Crippen LogP contribution in [0.5, 0.6) is 0 Å². The molecule has 0 unspecified atom stereocenters. The maximum absolute atomic E-state index is 12.5.